The summed E-state index contributed by atoms with van der Waals surface area (Å²) in [5.74, 6) is -11.9. The lowest BCUT2D eigenvalue weighted by molar-refractivity contribution is 0.0360. The summed E-state index contributed by atoms with van der Waals surface area (Å²) in [5, 5.41) is 0. The van der Waals surface area contributed by atoms with Gasteiger partial charge < -0.3 is 9.47 Å². The quantitative estimate of drug-likeness (QED) is 0.180. The van der Waals surface area contributed by atoms with E-state index < -0.39 is 62.2 Å². The molecule has 1 unspecified atom stereocenters. The minimum absolute atomic E-state index is 0.118. The van der Waals surface area contributed by atoms with Crippen LogP contribution in [-0.4, -0.2) is 25.2 Å². The standard InChI is InChI=1S/C23H14F4O6S/c24-17-19(26)22(34(29,30)31)20(27)18(25)21(17)33-23(28)32-15-9-14-10-5-1-3-7-12(10)16(15)13-8-4-2-6-11(13)14/h1-8,14-16H,9H2,(H,29,30,31). The fraction of sp³-hybridized carbons (Fsp3) is 0.174. The summed E-state index contributed by atoms with van der Waals surface area (Å²) in [6.07, 6.45) is -2.10. The first-order valence-electron chi connectivity index (χ1n) is 9.99. The first-order valence-corrected chi connectivity index (χ1v) is 11.4. The summed E-state index contributed by atoms with van der Waals surface area (Å²) in [5.41, 5.74) is 3.92. The number of hydrogen-bond donors (Lipinski definition) is 1. The molecule has 0 aromatic heterocycles. The Bertz CT molecular complexity index is 1380. The zero-order chi connectivity index (χ0) is 24.4. The SMILES string of the molecule is O=C(Oc1c(F)c(F)c(S(=O)(=O)O)c(F)c1F)OC1CC2c3ccccc3C1c1ccccc12. The summed E-state index contributed by atoms with van der Waals surface area (Å²) >= 11 is 0. The predicted octanol–water partition coefficient (Wildman–Crippen LogP) is 5.05. The third-order valence-electron chi connectivity index (χ3n) is 6.13. The third kappa shape index (κ3) is 3.34. The molecule has 11 heteroatoms. The van der Waals surface area contributed by atoms with Crippen LogP contribution in [0.5, 0.6) is 5.75 Å². The van der Waals surface area contributed by atoms with Crippen LogP contribution < -0.4 is 4.74 Å². The van der Waals surface area contributed by atoms with Crippen molar-refractivity contribution in [1.82, 2.24) is 0 Å². The molecule has 1 N–H and O–H groups in total. The molecule has 0 spiro atoms. The molecule has 0 radical (unpaired) electrons. The van der Waals surface area contributed by atoms with E-state index in [1.165, 1.54) is 0 Å². The number of carbonyl (C=O) groups excluding carboxylic acids is 1. The van der Waals surface area contributed by atoms with Crippen molar-refractivity contribution in [3.05, 3.63) is 94.1 Å². The van der Waals surface area contributed by atoms with Crippen LogP contribution in [0, 0.1) is 23.3 Å². The number of ether oxygens (including phenoxy) is 2. The number of rotatable bonds is 3. The lowest BCUT2D eigenvalue weighted by Crippen LogP contribution is -2.39. The smallest absolute Gasteiger partial charge is 0.430 e. The van der Waals surface area contributed by atoms with Crippen LogP contribution in [0.2, 0.25) is 0 Å². The topological polar surface area (TPSA) is 89.9 Å². The Labute approximate surface area is 190 Å². The van der Waals surface area contributed by atoms with Gasteiger partial charge in [-0.2, -0.15) is 17.2 Å². The van der Waals surface area contributed by atoms with E-state index in [2.05, 4.69) is 4.74 Å². The Balaban J connectivity index is 1.46. The highest BCUT2D eigenvalue weighted by molar-refractivity contribution is 7.85. The summed E-state index contributed by atoms with van der Waals surface area (Å²) in [7, 11) is -5.64. The van der Waals surface area contributed by atoms with Gasteiger partial charge >= 0.3 is 16.3 Å². The molecule has 2 bridgehead atoms. The van der Waals surface area contributed by atoms with Crippen molar-refractivity contribution >= 4 is 16.3 Å². The van der Waals surface area contributed by atoms with Gasteiger partial charge in [0.2, 0.25) is 17.4 Å². The van der Waals surface area contributed by atoms with Crippen molar-refractivity contribution in [2.24, 2.45) is 0 Å². The molecule has 6 nitrogen and oxygen atoms in total. The average molecular weight is 494 g/mol. The van der Waals surface area contributed by atoms with Gasteiger partial charge in [-0.3, -0.25) is 4.55 Å². The maximum atomic E-state index is 14.2. The van der Waals surface area contributed by atoms with E-state index in [0.29, 0.717) is 6.42 Å². The van der Waals surface area contributed by atoms with E-state index in [1.54, 1.807) is 0 Å². The van der Waals surface area contributed by atoms with Crippen molar-refractivity contribution in [2.75, 3.05) is 0 Å². The second kappa shape index (κ2) is 7.81. The molecular weight excluding hydrogens is 480 g/mol. The Kier molecular flexibility index (Phi) is 5.14. The number of hydrogen-bond acceptors (Lipinski definition) is 5. The van der Waals surface area contributed by atoms with Gasteiger partial charge in [-0.25, -0.2) is 13.6 Å². The highest BCUT2D eigenvalue weighted by atomic mass is 32.2. The van der Waals surface area contributed by atoms with Crippen LogP contribution in [0.4, 0.5) is 22.4 Å². The molecule has 0 aliphatic heterocycles. The highest BCUT2D eigenvalue weighted by Gasteiger charge is 2.45. The van der Waals surface area contributed by atoms with E-state index in [-0.39, 0.29) is 5.92 Å². The Morgan fingerprint density at radius 2 is 1.29 bits per heavy atom. The molecule has 34 heavy (non-hydrogen) atoms. The molecular formula is C23H14F4O6S. The zero-order valence-electron chi connectivity index (χ0n) is 17.0. The molecule has 0 amide bonds. The molecule has 3 aromatic carbocycles. The molecule has 3 aromatic rings. The number of fused-ring (bicyclic) bond motifs is 1. The molecule has 1 atom stereocenters. The monoisotopic (exact) mass is 494 g/mol. The maximum absolute atomic E-state index is 14.2. The number of benzene rings is 3. The van der Waals surface area contributed by atoms with Crippen molar-refractivity contribution in [1.29, 1.82) is 0 Å². The van der Waals surface area contributed by atoms with E-state index in [0.717, 1.165) is 22.3 Å². The van der Waals surface area contributed by atoms with Gasteiger partial charge in [0.1, 0.15) is 6.10 Å². The van der Waals surface area contributed by atoms with Crippen LogP contribution in [0.3, 0.4) is 0 Å². The molecule has 3 aliphatic carbocycles. The first-order chi connectivity index (χ1) is 16.1. The first kappa shape index (κ1) is 22.4. The van der Waals surface area contributed by atoms with Crippen molar-refractivity contribution in [3.8, 4) is 5.75 Å². The maximum Gasteiger partial charge on any atom is 0.514 e. The highest BCUT2D eigenvalue weighted by Crippen LogP contribution is 2.53. The fourth-order valence-electron chi connectivity index (χ4n) is 4.84. The molecule has 0 saturated carbocycles. The van der Waals surface area contributed by atoms with Crippen LogP contribution in [0.1, 0.15) is 40.5 Å². The lowest BCUT2D eigenvalue weighted by Gasteiger charge is -2.44. The van der Waals surface area contributed by atoms with Crippen molar-refractivity contribution < 1.29 is 44.8 Å². The fourth-order valence-corrected chi connectivity index (χ4v) is 5.47. The Morgan fingerprint density at radius 1 is 0.824 bits per heavy atom. The van der Waals surface area contributed by atoms with Gasteiger partial charge in [-0.1, -0.05) is 48.5 Å². The zero-order valence-corrected chi connectivity index (χ0v) is 17.8. The number of carbonyl (C=O) groups is 1. The second-order valence-corrected chi connectivity index (χ2v) is 9.28. The van der Waals surface area contributed by atoms with Crippen molar-refractivity contribution in [2.45, 2.75) is 29.3 Å². The third-order valence-corrected chi connectivity index (χ3v) is 7.00. The van der Waals surface area contributed by atoms with Crippen LogP contribution in [0.15, 0.2) is 53.4 Å². The summed E-state index contributed by atoms with van der Waals surface area (Å²) in [4.78, 5) is 10.2. The van der Waals surface area contributed by atoms with Gasteiger partial charge in [0, 0.05) is 11.8 Å². The largest absolute Gasteiger partial charge is 0.514 e. The normalized spacial score (nSPS) is 20.4. The van der Waals surface area contributed by atoms with Crippen LogP contribution in [0.25, 0.3) is 0 Å². The van der Waals surface area contributed by atoms with Crippen molar-refractivity contribution in [3.63, 3.8) is 0 Å². The van der Waals surface area contributed by atoms with Gasteiger partial charge in [0.15, 0.2) is 16.5 Å². The molecule has 0 heterocycles. The minimum Gasteiger partial charge on any atom is -0.430 e. The molecule has 0 fully saturated rings. The van der Waals surface area contributed by atoms with E-state index >= 15 is 0 Å². The lowest BCUT2D eigenvalue weighted by atomic mass is 9.62. The van der Waals surface area contributed by atoms with Gasteiger partial charge in [-0.15, -0.1) is 0 Å². The Hall–Kier alpha value is -3.44. The van der Waals surface area contributed by atoms with E-state index in [1.807, 2.05) is 48.5 Å². The molecule has 176 valence electrons. The number of halogens is 4. The van der Waals surface area contributed by atoms with Gasteiger partial charge in [0.25, 0.3) is 0 Å². The molecule has 0 saturated heterocycles. The van der Waals surface area contributed by atoms with E-state index in [9.17, 15) is 30.8 Å². The Morgan fingerprint density at radius 3 is 1.76 bits per heavy atom. The minimum atomic E-state index is -5.64. The average Bonchev–Trinajstić information content (AvgIpc) is 2.80. The summed E-state index contributed by atoms with van der Waals surface area (Å²) in [6, 6.07) is 15.1. The van der Waals surface area contributed by atoms with Crippen LogP contribution >= 0.6 is 0 Å². The van der Waals surface area contributed by atoms with Gasteiger partial charge in [-0.05, 0) is 28.7 Å². The summed E-state index contributed by atoms with van der Waals surface area (Å²) in [6.45, 7) is 0. The predicted molar refractivity (Wildman–Crippen MR) is 108 cm³/mol. The molecule has 3 aliphatic rings. The molecule has 6 rings (SSSR count). The summed E-state index contributed by atoms with van der Waals surface area (Å²) < 4.78 is 97.2. The second-order valence-electron chi connectivity index (χ2n) is 7.92. The van der Waals surface area contributed by atoms with E-state index in [4.69, 9.17) is 9.29 Å². The van der Waals surface area contributed by atoms with Crippen LogP contribution in [-0.2, 0) is 14.9 Å². The van der Waals surface area contributed by atoms with Gasteiger partial charge in [0.05, 0.1) is 0 Å².